The molecule has 1 atom stereocenters. The Balaban J connectivity index is 1.21. The van der Waals surface area contributed by atoms with Gasteiger partial charge in [-0.2, -0.15) is 0 Å². The predicted octanol–water partition coefficient (Wildman–Crippen LogP) is 8.38. The summed E-state index contributed by atoms with van der Waals surface area (Å²) >= 11 is 0. The summed E-state index contributed by atoms with van der Waals surface area (Å²) in [7, 11) is 0. The van der Waals surface area contributed by atoms with E-state index in [2.05, 4.69) is 48.5 Å². The van der Waals surface area contributed by atoms with Crippen molar-refractivity contribution in [2.45, 2.75) is 45.4 Å². The van der Waals surface area contributed by atoms with Crippen molar-refractivity contribution in [2.75, 3.05) is 6.61 Å². The highest BCUT2D eigenvalue weighted by Crippen LogP contribution is 2.27. The summed E-state index contributed by atoms with van der Waals surface area (Å²) in [6, 6.07) is 37.1. The molecule has 1 heterocycles. The van der Waals surface area contributed by atoms with E-state index >= 15 is 0 Å². The number of rotatable bonds is 11. The molecule has 1 unspecified atom stereocenters. The fourth-order valence-electron chi connectivity index (χ4n) is 5.02. The number of nitrogens with zero attached hydrogens (tertiary/aromatic N) is 1. The Kier molecular flexibility index (Phi) is 8.87. The lowest BCUT2D eigenvalue weighted by Gasteiger charge is -2.17. The highest BCUT2D eigenvalue weighted by Gasteiger charge is 2.22. The molecule has 5 aromatic rings. The highest BCUT2D eigenvalue weighted by atomic mass is 16.5. The highest BCUT2D eigenvalue weighted by molar-refractivity contribution is 5.79. The molecule has 4 heteroatoms. The SMILES string of the molecule is CCOC(=O)C(Cc1ccc(CCCc2nc(-c3ccccc3)oc2C)cc1)c1ccc(-c2ccccc2)cc1. The summed E-state index contributed by atoms with van der Waals surface area (Å²) in [4.78, 5) is 17.7. The summed E-state index contributed by atoms with van der Waals surface area (Å²) in [5, 5.41) is 0. The van der Waals surface area contributed by atoms with Gasteiger partial charge < -0.3 is 9.15 Å². The molecule has 0 aliphatic heterocycles. The molecule has 0 amide bonds. The molecule has 1 aromatic heterocycles. The van der Waals surface area contributed by atoms with Crippen molar-refractivity contribution in [1.29, 1.82) is 0 Å². The molecule has 4 aromatic carbocycles. The fraction of sp³-hybridized carbons (Fsp3) is 0.222. The maximum atomic E-state index is 12.9. The standard InChI is InChI=1S/C36H35NO3/c1-3-39-36(38)33(31-23-21-30(22-24-31)29-12-6-4-7-13-29)25-28-19-17-27(18-20-28)11-10-16-34-26(2)40-35(37-34)32-14-8-5-9-15-32/h4-9,12-15,17-24,33H,3,10-11,16,25H2,1-2H3. The molecule has 0 aliphatic carbocycles. The van der Waals surface area contributed by atoms with E-state index in [9.17, 15) is 4.79 Å². The number of oxazole rings is 1. The number of hydrogen-bond acceptors (Lipinski definition) is 4. The van der Waals surface area contributed by atoms with Gasteiger partial charge in [-0.05, 0) is 79.5 Å². The number of esters is 1. The largest absolute Gasteiger partial charge is 0.466 e. The fourth-order valence-corrected chi connectivity index (χ4v) is 5.02. The maximum absolute atomic E-state index is 12.9. The van der Waals surface area contributed by atoms with E-state index in [1.807, 2.05) is 74.5 Å². The van der Waals surface area contributed by atoms with Crippen LogP contribution in [0.15, 0.2) is 114 Å². The molecule has 0 aliphatic rings. The average molecular weight is 530 g/mol. The van der Waals surface area contributed by atoms with E-state index in [1.165, 1.54) is 5.56 Å². The Labute approximate surface area is 236 Å². The lowest BCUT2D eigenvalue weighted by molar-refractivity contribution is -0.144. The summed E-state index contributed by atoms with van der Waals surface area (Å²) < 4.78 is 11.4. The van der Waals surface area contributed by atoms with Crippen molar-refractivity contribution in [1.82, 2.24) is 4.98 Å². The Morgan fingerprint density at radius 2 is 1.35 bits per heavy atom. The van der Waals surface area contributed by atoms with Gasteiger partial charge in [0.1, 0.15) is 5.76 Å². The van der Waals surface area contributed by atoms with Gasteiger partial charge in [-0.3, -0.25) is 4.79 Å². The van der Waals surface area contributed by atoms with Crippen LogP contribution in [0.5, 0.6) is 0 Å². The molecule has 0 N–H and O–H groups in total. The molecule has 0 saturated carbocycles. The number of carbonyl (C=O) groups is 1. The predicted molar refractivity (Wildman–Crippen MR) is 160 cm³/mol. The van der Waals surface area contributed by atoms with Crippen LogP contribution in [0.2, 0.25) is 0 Å². The van der Waals surface area contributed by atoms with Crippen LogP contribution in [0.25, 0.3) is 22.6 Å². The topological polar surface area (TPSA) is 52.3 Å². The van der Waals surface area contributed by atoms with Crippen molar-refractivity contribution < 1.29 is 13.9 Å². The Hall–Kier alpha value is -4.44. The van der Waals surface area contributed by atoms with Crippen LogP contribution in [0.4, 0.5) is 0 Å². The van der Waals surface area contributed by atoms with Gasteiger partial charge in [-0.25, -0.2) is 4.98 Å². The molecule has 0 fully saturated rings. The van der Waals surface area contributed by atoms with Gasteiger partial charge in [0.2, 0.25) is 5.89 Å². The van der Waals surface area contributed by atoms with Crippen LogP contribution in [0, 0.1) is 6.92 Å². The molecule has 0 radical (unpaired) electrons. The zero-order valence-electron chi connectivity index (χ0n) is 23.2. The van der Waals surface area contributed by atoms with Crippen LogP contribution in [-0.4, -0.2) is 17.6 Å². The number of aryl methyl sites for hydroxylation is 3. The summed E-state index contributed by atoms with van der Waals surface area (Å²) in [6.45, 7) is 4.21. The first-order chi connectivity index (χ1) is 19.6. The number of hydrogen-bond donors (Lipinski definition) is 0. The normalized spacial score (nSPS) is 11.8. The summed E-state index contributed by atoms with van der Waals surface area (Å²) in [5.41, 5.74) is 7.68. The number of benzene rings is 4. The zero-order chi connectivity index (χ0) is 27.7. The lowest BCUT2D eigenvalue weighted by atomic mass is 9.90. The molecule has 0 saturated heterocycles. The average Bonchev–Trinajstić information content (AvgIpc) is 3.38. The van der Waals surface area contributed by atoms with Gasteiger partial charge >= 0.3 is 5.97 Å². The number of ether oxygens (including phenoxy) is 1. The first-order valence-corrected chi connectivity index (χ1v) is 14.0. The third kappa shape index (κ3) is 6.76. The molecule has 0 spiro atoms. The van der Waals surface area contributed by atoms with Gasteiger partial charge in [0.15, 0.2) is 0 Å². The molecular formula is C36H35NO3. The van der Waals surface area contributed by atoms with Crippen LogP contribution in [0.1, 0.15) is 47.4 Å². The maximum Gasteiger partial charge on any atom is 0.313 e. The van der Waals surface area contributed by atoms with Crippen molar-refractivity contribution >= 4 is 5.97 Å². The van der Waals surface area contributed by atoms with Crippen molar-refractivity contribution in [3.63, 3.8) is 0 Å². The molecule has 4 nitrogen and oxygen atoms in total. The molecule has 40 heavy (non-hydrogen) atoms. The Morgan fingerprint density at radius 3 is 2.00 bits per heavy atom. The molecule has 5 rings (SSSR count). The number of carbonyl (C=O) groups excluding carboxylic acids is 1. The second kappa shape index (κ2) is 13.1. The molecular weight excluding hydrogens is 494 g/mol. The van der Waals surface area contributed by atoms with E-state index in [1.54, 1.807) is 0 Å². The smallest absolute Gasteiger partial charge is 0.313 e. The monoisotopic (exact) mass is 529 g/mol. The summed E-state index contributed by atoms with van der Waals surface area (Å²) in [6.07, 6.45) is 3.41. The van der Waals surface area contributed by atoms with E-state index in [4.69, 9.17) is 14.1 Å². The first kappa shape index (κ1) is 27.1. The molecule has 202 valence electrons. The minimum absolute atomic E-state index is 0.183. The van der Waals surface area contributed by atoms with Crippen molar-refractivity contribution in [2.24, 2.45) is 0 Å². The Morgan fingerprint density at radius 1 is 0.750 bits per heavy atom. The van der Waals surface area contributed by atoms with Crippen LogP contribution >= 0.6 is 0 Å². The van der Waals surface area contributed by atoms with Crippen LogP contribution in [-0.2, 0) is 28.8 Å². The van der Waals surface area contributed by atoms with E-state index in [0.717, 1.165) is 58.5 Å². The third-order valence-corrected chi connectivity index (χ3v) is 7.25. The quantitative estimate of drug-likeness (QED) is 0.161. The van der Waals surface area contributed by atoms with E-state index < -0.39 is 0 Å². The van der Waals surface area contributed by atoms with Gasteiger partial charge in [0.25, 0.3) is 0 Å². The lowest BCUT2D eigenvalue weighted by Crippen LogP contribution is -2.18. The molecule has 0 bridgehead atoms. The third-order valence-electron chi connectivity index (χ3n) is 7.25. The van der Waals surface area contributed by atoms with Gasteiger partial charge in [0.05, 0.1) is 18.2 Å². The van der Waals surface area contributed by atoms with Crippen molar-refractivity contribution in [3.05, 3.63) is 137 Å². The first-order valence-electron chi connectivity index (χ1n) is 14.0. The van der Waals surface area contributed by atoms with Gasteiger partial charge in [0, 0.05) is 5.56 Å². The zero-order valence-corrected chi connectivity index (χ0v) is 23.2. The van der Waals surface area contributed by atoms with Crippen LogP contribution < -0.4 is 0 Å². The van der Waals surface area contributed by atoms with Gasteiger partial charge in [-0.15, -0.1) is 0 Å². The second-order valence-corrected chi connectivity index (χ2v) is 10.1. The van der Waals surface area contributed by atoms with E-state index in [-0.39, 0.29) is 11.9 Å². The van der Waals surface area contributed by atoms with Crippen molar-refractivity contribution in [3.8, 4) is 22.6 Å². The second-order valence-electron chi connectivity index (χ2n) is 10.1. The van der Waals surface area contributed by atoms with E-state index in [0.29, 0.717) is 18.9 Å². The summed E-state index contributed by atoms with van der Waals surface area (Å²) in [5.74, 6) is 1.04. The minimum Gasteiger partial charge on any atom is -0.466 e. The minimum atomic E-state index is -0.343. The van der Waals surface area contributed by atoms with Gasteiger partial charge in [-0.1, -0.05) is 97.1 Å². The van der Waals surface area contributed by atoms with Crippen LogP contribution in [0.3, 0.4) is 0 Å². The Bertz CT molecular complexity index is 1500. The number of aromatic nitrogens is 1.